The second-order valence-corrected chi connectivity index (χ2v) is 3.70. The Morgan fingerprint density at radius 2 is 1.47 bits per heavy atom. The van der Waals surface area contributed by atoms with E-state index in [1.54, 1.807) is 6.92 Å². The Balaban J connectivity index is 4.75. The van der Waals surface area contributed by atoms with Crippen molar-refractivity contribution in [2.24, 2.45) is 0 Å². The molecular weight excluding hydrogens is 257 g/mol. The zero-order valence-electron chi connectivity index (χ0n) is 9.00. The van der Waals surface area contributed by atoms with E-state index in [0.29, 0.717) is 12.8 Å². The maximum absolute atomic E-state index is 12.9. The van der Waals surface area contributed by atoms with Crippen LogP contribution in [0, 0.1) is 0 Å². The summed E-state index contributed by atoms with van der Waals surface area (Å²) in [6, 6.07) is 0. The Morgan fingerprint density at radius 1 is 1.00 bits per heavy atom. The molecule has 8 heteroatoms. The Bertz CT molecular complexity index is 236. The minimum Gasteiger partial charge on any atom is -0.331 e. The highest BCUT2D eigenvalue weighted by Crippen LogP contribution is 2.47. The molecule has 0 radical (unpaired) electrons. The van der Waals surface area contributed by atoms with Gasteiger partial charge in [0.2, 0.25) is 0 Å². The largest absolute Gasteiger partial charge is 0.423 e. The molecule has 0 aliphatic rings. The van der Waals surface area contributed by atoms with Crippen molar-refractivity contribution in [3.8, 4) is 0 Å². The zero-order chi connectivity index (χ0) is 13.9. The van der Waals surface area contributed by atoms with Gasteiger partial charge in [0.15, 0.2) is 6.17 Å². The summed E-state index contributed by atoms with van der Waals surface area (Å²) in [4.78, 5) is 0. The fourth-order valence-corrected chi connectivity index (χ4v) is 1.15. The SMILES string of the molecule is CCCCCC(F)C(F)(F)C(F)(F)C(O)(F)F. The first-order valence-corrected chi connectivity index (χ1v) is 4.98. The van der Waals surface area contributed by atoms with Gasteiger partial charge in [-0.15, -0.1) is 0 Å². The highest BCUT2D eigenvalue weighted by molar-refractivity contribution is 4.95. The molecule has 0 rings (SSSR count). The molecule has 0 saturated heterocycles. The van der Waals surface area contributed by atoms with Gasteiger partial charge in [-0.2, -0.15) is 26.3 Å². The molecule has 0 aromatic rings. The van der Waals surface area contributed by atoms with Crippen LogP contribution in [0.4, 0.5) is 30.7 Å². The van der Waals surface area contributed by atoms with Crippen LogP contribution in [0.5, 0.6) is 0 Å². The molecule has 0 bridgehead atoms. The molecule has 0 spiro atoms. The van der Waals surface area contributed by atoms with Crippen molar-refractivity contribution in [2.75, 3.05) is 0 Å². The van der Waals surface area contributed by atoms with Crippen molar-refractivity contribution in [3.63, 3.8) is 0 Å². The molecule has 1 unspecified atom stereocenters. The Morgan fingerprint density at radius 3 is 1.82 bits per heavy atom. The first-order valence-electron chi connectivity index (χ1n) is 4.98. The zero-order valence-corrected chi connectivity index (χ0v) is 9.00. The van der Waals surface area contributed by atoms with Crippen molar-refractivity contribution >= 4 is 0 Å². The molecule has 1 atom stereocenters. The van der Waals surface area contributed by atoms with Gasteiger partial charge >= 0.3 is 18.0 Å². The second kappa shape index (κ2) is 5.41. The van der Waals surface area contributed by atoms with Crippen LogP contribution in [-0.4, -0.2) is 29.2 Å². The van der Waals surface area contributed by atoms with Crippen LogP contribution in [0.3, 0.4) is 0 Å². The van der Waals surface area contributed by atoms with Crippen molar-refractivity contribution in [1.82, 2.24) is 0 Å². The second-order valence-electron chi connectivity index (χ2n) is 3.70. The van der Waals surface area contributed by atoms with Gasteiger partial charge in [-0.25, -0.2) is 4.39 Å². The lowest BCUT2D eigenvalue weighted by atomic mass is 10.0. The van der Waals surface area contributed by atoms with Gasteiger partial charge < -0.3 is 5.11 Å². The molecule has 1 N–H and O–H groups in total. The molecule has 0 aromatic heterocycles. The van der Waals surface area contributed by atoms with E-state index in [1.807, 2.05) is 0 Å². The van der Waals surface area contributed by atoms with E-state index < -0.39 is 30.5 Å². The molecule has 0 aromatic carbocycles. The molecule has 0 aliphatic carbocycles. The van der Waals surface area contributed by atoms with Gasteiger partial charge in [-0.05, 0) is 6.42 Å². The number of alkyl halides is 7. The lowest BCUT2D eigenvalue weighted by Gasteiger charge is -2.31. The molecule has 104 valence electrons. The predicted octanol–water partition coefficient (Wildman–Crippen LogP) is 3.76. The molecule has 17 heavy (non-hydrogen) atoms. The molecule has 0 fully saturated rings. The van der Waals surface area contributed by atoms with Gasteiger partial charge in [0, 0.05) is 0 Å². The first kappa shape index (κ1) is 16.5. The monoisotopic (exact) mass is 270 g/mol. The predicted molar refractivity (Wildman–Crippen MR) is 46.1 cm³/mol. The number of halogens is 7. The smallest absolute Gasteiger partial charge is 0.331 e. The highest BCUT2D eigenvalue weighted by atomic mass is 19.4. The van der Waals surface area contributed by atoms with Crippen LogP contribution in [0.1, 0.15) is 32.6 Å². The van der Waals surface area contributed by atoms with E-state index in [-0.39, 0.29) is 6.42 Å². The van der Waals surface area contributed by atoms with Crippen LogP contribution in [-0.2, 0) is 0 Å². The van der Waals surface area contributed by atoms with Crippen molar-refractivity contribution in [3.05, 3.63) is 0 Å². The fraction of sp³-hybridized carbons (Fsp3) is 1.00. The standard InChI is InChI=1S/C9H13F7O/c1-2-3-4-5-6(10)7(11,12)8(13,14)9(15,16)17/h6,17H,2-5H2,1H3. The van der Waals surface area contributed by atoms with E-state index in [0.717, 1.165) is 0 Å². The summed E-state index contributed by atoms with van der Waals surface area (Å²) in [6.07, 6.45) is -9.64. The third kappa shape index (κ3) is 3.46. The average Bonchev–Trinajstić information content (AvgIpc) is 2.15. The van der Waals surface area contributed by atoms with Gasteiger partial charge in [-0.3, -0.25) is 0 Å². The first-order chi connectivity index (χ1) is 7.48. The molecule has 0 aliphatic heterocycles. The maximum Gasteiger partial charge on any atom is 0.423 e. The fourth-order valence-electron chi connectivity index (χ4n) is 1.15. The third-order valence-electron chi connectivity index (χ3n) is 2.25. The number of unbranched alkanes of at least 4 members (excludes halogenated alkanes) is 2. The molecule has 0 amide bonds. The van der Waals surface area contributed by atoms with Crippen molar-refractivity contribution in [2.45, 2.75) is 56.7 Å². The minimum atomic E-state index is -6.13. The number of hydrogen-bond donors (Lipinski definition) is 1. The van der Waals surface area contributed by atoms with Gasteiger partial charge in [-0.1, -0.05) is 26.2 Å². The summed E-state index contributed by atoms with van der Waals surface area (Å²) < 4.78 is 87.1. The van der Waals surface area contributed by atoms with Crippen molar-refractivity contribution < 1.29 is 35.8 Å². The van der Waals surface area contributed by atoms with Crippen LogP contribution in [0.2, 0.25) is 0 Å². The van der Waals surface area contributed by atoms with Crippen LogP contribution in [0.25, 0.3) is 0 Å². The maximum atomic E-state index is 12.9. The van der Waals surface area contributed by atoms with Crippen LogP contribution >= 0.6 is 0 Å². The topological polar surface area (TPSA) is 20.2 Å². The summed E-state index contributed by atoms with van der Waals surface area (Å²) in [5.41, 5.74) is 0. The molecule has 0 saturated carbocycles. The Labute approximate surface area is 93.6 Å². The summed E-state index contributed by atoms with van der Waals surface area (Å²) in [5.74, 6) is -11.7. The van der Waals surface area contributed by atoms with Gasteiger partial charge in [0.05, 0.1) is 0 Å². The van der Waals surface area contributed by atoms with Gasteiger partial charge in [0.1, 0.15) is 0 Å². The van der Waals surface area contributed by atoms with Crippen molar-refractivity contribution in [1.29, 1.82) is 0 Å². The summed E-state index contributed by atoms with van der Waals surface area (Å²) in [6.45, 7) is 1.67. The Hall–Kier alpha value is -0.530. The highest BCUT2D eigenvalue weighted by Gasteiger charge is 2.74. The number of hydrogen-bond acceptors (Lipinski definition) is 1. The van der Waals surface area contributed by atoms with E-state index in [2.05, 4.69) is 0 Å². The lowest BCUT2D eigenvalue weighted by Crippen LogP contribution is -2.58. The Kier molecular flexibility index (Phi) is 5.24. The summed E-state index contributed by atoms with van der Waals surface area (Å²) in [5, 5.41) is 7.67. The minimum absolute atomic E-state index is 0.125. The normalized spacial score (nSPS) is 16.1. The van der Waals surface area contributed by atoms with E-state index in [4.69, 9.17) is 5.11 Å². The van der Waals surface area contributed by atoms with E-state index in [9.17, 15) is 30.7 Å². The average molecular weight is 270 g/mol. The van der Waals surface area contributed by atoms with Crippen LogP contribution in [0.15, 0.2) is 0 Å². The van der Waals surface area contributed by atoms with Gasteiger partial charge in [0.25, 0.3) is 0 Å². The summed E-state index contributed by atoms with van der Waals surface area (Å²) in [7, 11) is 0. The molecule has 0 heterocycles. The van der Waals surface area contributed by atoms with Crippen LogP contribution < -0.4 is 0 Å². The molecular formula is C9H13F7O. The third-order valence-corrected chi connectivity index (χ3v) is 2.25. The molecule has 1 nitrogen and oxygen atoms in total. The quantitative estimate of drug-likeness (QED) is 0.551. The van der Waals surface area contributed by atoms with E-state index in [1.165, 1.54) is 0 Å². The summed E-state index contributed by atoms with van der Waals surface area (Å²) >= 11 is 0. The van der Waals surface area contributed by atoms with E-state index >= 15 is 0 Å². The number of aliphatic hydroxyl groups is 1. The number of rotatable bonds is 7. The lowest BCUT2D eigenvalue weighted by molar-refractivity contribution is -0.393.